The molecule has 44 valence electrons. The Morgan fingerprint density at radius 2 is 1.25 bits per heavy atom. The van der Waals surface area contributed by atoms with Crippen molar-refractivity contribution in [2.75, 3.05) is 0 Å². The van der Waals surface area contributed by atoms with E-state index in [4.69, 9.17) is 10.2 Å². The van der Waals surface area contributed by atoms with Crippen LogP contribution >= 0.6 is 0 Å². The minimum atomic E-state index is -1.46. The second-order valence-corrected chi connectivity index (χ2v) is 1.62. The van der Waals surface area contributed by atoms with Crippen molar-refractivity contribution >= 4 is 11.6 Å². The van der Waals surface area contributed by atoms with Crippen molar-refractivity contribution < 1.29 is 19.8 Å². The van der Waals surface area contributed by atoms with E-state index >= 15 is 0 Å². The molecule has 0 amide bonds. The molecule has 1 saturated carbocycles. The van der Waals surface area contributed by atoms with Crippen LogP contribution in [0, 0.1) is 0 Å². The van der Waals surface area contributed by atoms with Crippen molar-refractivity contribution in [3.8, 4) is 0 Å². The van der Waals surface area contributed by atoms with Gasteiger partial charge in [-0.1, -0.05) is 0 Å². The summed E-state index contributed by atoms with van der Waals surface area (Å²) >= 11 is 0. The summed E-state index contributed by atoms with van der Waals surface area (Å²) in [6, 6.07) is 0. The van der Waals surface area contributed by atoms with Crippen LogP contribution in [0.25, 0.3) is 0 Å². The standard InChI is InChI=1S/C4H4O4/c5-1-2(6)4(8)3(1)7/h1-2,5-6H. The number of aliphatic hydroxyl groups excluding tert-OH is 2. The number of carbonyl (C=O) groups excluding carboxylic acids is 2. The van der Waals surface area contributed by atoms with E-state index in [2.05, 4.69) is 0 Å². The monoisotopic (exact) mass is 116 g/mol. The SMILES string of the molecule is O=C1C(=O)C(O)C1O. The van der Waals surface area contributed by atoms with Gasteiger partial charge in [-0.25, -0.2) is 0 Å². The van der Waals surface area contributed by atoms with Crippen molar-refractivity contribution in [3.05, 3.63) is 0 Å². The Kier molecular flexibility index (Phi) is 0.922. The van der Waals surface area contributed by atoms with Gasteiger partial charge in [-0.3, -0.25) is 9.59 Å². The van der Waals surface area contributed by atoms with Gasteiger partial charge < -0.3 is 10.2 Å². The number of hydrogen-bond donors (Lipinski definition) is 2. The third kappa shape index (κ3) is 0.410. The summed E-state index contributed by atoms with van der Waals surface area (Å²) in [4.78, 5) is 20.0. The Balaban J connectivity index is 2.68. The van der Waals surface area contributed by atoms with E-state index in [0.717, 1.165) is 0 Å². The molecule has 1 fully saturated rings. The van der Waals surface area contributed by atoms with Crippen LogP contribution in [0.4, 0.5) is 0 Å². The van der Waals surface area contributed by atoms with Crippen LogP contribution in [0.15, 0.2) is 0 Å². The van der Waals surface area contributed by atoms with Crippen LogP contribution in [0.3, 0.4) is 0 Å². The van der Waals surface area contributed by atoms with Gasteiger partial charge in [0.1, 0.15) is 0 Å². The zero-order chi connectivity index (χ0) is 6.31. The van der Waals surface area contributed by atoms with E-state index in [1.165, 1.54) is 0 Å². The Labute approximate surface area is 44.7 Å². The van der Waals surface area contributed by atoms with Gasteiger partial charge >= 0.3 is 0 Å². The summed E-state index contributed by atoms with van der Waals surface area (Å²) in [5.74, 6) is -1.78. The largest absolute Gasteiger partial charge is 0.382 e. The Morgan fingerprint density at radius 1 is 1.00 bits per heavy atom. The fourth-order valence-electron chi connectivity index (χ4n) is 0.482. The van der Waals surface area contributed by atoms with E-state index in [1.807, 2.05) is 0 Å². The molecular formula is C4H4O4. The summed E-state index contributed by atoms with van der Waals surface area (Å²) in [6.07, 6.45) is -2.91. The molecule has 0 saturated heterocycles. The number of carbonyl (C=O) groups is 2. The molecule has 0 bridgehead atoms. The van der Waals surface area contributed by atoms with Crippen LogP contribution in [0.1, 0.15) is 0 Å². The average molecular weight is 116 g/mol. The summed E-state index contributed by atoms with van der Waals surface area (Å²) in [5.41, 5.74) is 0. The van der Waals surface area contributed by atoms with E-state index in [9.17, 15) is 9.59 Å². The number of aliphatic hydroxyl groups is 2. The number of hydrogen-bond acceptors (Lipinski definition) is 4. The molecule has 2 atom stereocenters. The molecule has 0 radical (unpaired) electrons. The Bertz CT molecular complexity index is 132. The lowest BCUT2D eigenvalue weighted by Gasteiger charge is -2.22. The highest BCUT2D eigenvalue weighted by molar-refractivity contribution is 6.48. The van der Waals surface area contributed by atoms with Gasteiger partial charge in [-0.15, -0.1) is 0 Å². The fourth-order valence-corrected chi connectivity index (χ4v) is 0.482. The first-order valence-corrected chi connectivity index (χ1v) is 2.09. The van der Waals surface area contributed by atoms with Crippen molar-refractivity contribution in [2.24, 2.45) is 0 Å². The summed E-state index contributed by atoms with van der Waals surface area (Å²) in [6.45, 7) is 0. The molecular weight excluding hydrogens is 112 g/mol. The van der Waals surface area contributed by atoms with Crippen LogP contribution in [0.5, 0.6) is 0 Å². The molecule has 0 aromatic heterocycles. The molecule has 0 heterocycles. The molecule has 0 aliphatic heterocycles. The van der Waals surface area contributed by atoms with Gasteiger partial charge in [0.2, 0.25) is 11.6 Å². The minimum Gasteiger partial charge on any atom is -0.382 e. The second kappa shape index (κ2) is 1.37. The van der Waals surface area contributed by atoms with E-state index in [-0.39, 0.29) is 0 Å². The van der Waals surface area contributed by atoms with E-state index < -0.39 is 23.8 Å². The van der Waals surface area contributed by atoms with Gasteiger partial charge in [-0.2, -0.15) is 0 Å². The zero-order valence-electron chi connectivity index (χ0n) is 3.87. The maximum absolute atomic E-state index is 10.0. The number of ketones is 2. The summed E-state index contributed by atoms with van der Waals surface area (Å²) in [5, 5.41) is 16.7. The molecule has 2 unspecified atom stereocenters. The maximum atomic E-state index is 10.0. The lowest BCUT2D eigenvalue weighted by atomic mass is 9.89. The first-order valence-electron chi connectivity index (χ1n) is 2.09. The Morgan fingerprint density at radius 3 is 1.38 bits per heavy atom. The van der Waals surface area contributed by atoms with Gasteiger partial charge in [-0.05, 0) is 0 Å². The third-order valence-corrected chi connectivity index (χ3v) is 1.08. The Hall–Kier alpha value is -0.740. The van der Waals surface area contributed by atoms with E-state index in [1.54, 1.807) is 0 Å². The molecule has 0 spiro atoms. The van der Waals surface area contributed by atoms with Crippen molar-refractivity contribution in [1.29, 1.82) is 0 Å². The maximum Gasteiger partial charge on any atom is 0.232 e. The second-order valence-electron chi connectivity index (χ2n) is 1.62. The topological polar surface area (TPSA) is 74.6 Å². The minimum absolute atomic E-state index is 0.891. The highest BCUT2D eigenvalue weighted by atomic mass is 16.4. The predicted octanol–water partition coefficient (Wildman–Crippen LogP) is -2.14. The molecule has 1 rings (SSSR count). The molecule has 4 nitrogen and oxygen atoms in total. The normalized spacial score (nSPS) is 37.2. The first kappa shape index (κ1) is 5.40. The highest BCUT2D eigenvalue weighted by Crippen LogP contribution is 2.09. The first-order chi connectivity index (χ1) is 3.64. The fraction of sp³-hybridized carbons (Fsp3) is 0.500. The van der Waals surface area contributed by atoms with Crippen LogP contribution < -0.4 is 0 Å². The summed E-state index contributed by atoms with van der Waals surface area (Å²) in [7, 11) is 0. The quantitative estimate of drug-likeness (QED) is 0.354. The number of Topliss-reactive ketones (excluding diaryl/α,β-unsaturated/α-hetero) is 2. The molecule has 0 aromatic rings. The van der Waals surface area contributed by atoms with Gasteiger partial charge in [0.05, 0.1) is 0 Å². The third-order valence-electron chi connectivity index (χ3n) is 1.08. The summed E-state index contributed by atoms with van der Waals surface area (Å²) < 4.78 is 0. The number of rotatable bonds is 0. The van der Waals surface area contributed by atoms with Gasteiger partial charge in [0.15, 0.2) is 12.2 Å². The van der Waals surface area contributed by atoms with Crippen LogP contribution in [-0.4, -0.2) is 34.0 Å². The zero-order valence-corrected chi connectivity index (χ0v) is 3.87. The lowest BCUT2D eigenvalue weighted by molar-refractivity contribution is -0.165. The van der Waals surface area contributed by atoms with Crippen molar-refractivity contribution in [1.82, 2.24) is 0 Å². The van der Waals surface area contributed by atoms with Crippen molar-refractivity contribution in [2.45, 2.75) is 12.2 Å². The predicted molar refractivity (Wildman–Crippen MR) is 22.0 cm³/mol. The van der Waals surface area contributed by atoms with Crippen LogP contribution in [0.2, 0.25) is 0 Å². The molecule has 1 aliphatic rings. The molecule has 4 heteroatoms. The van der Waals surface area contributed by atoms with Gasteiger partial charge in [0.25, 0.3) is 0 Å². The van der Waals surface area contributed by atoms with Crippen molar-refractivity contribution in [3.63, 3.8) is 0 Å². The molecule has 0 aromatic carbocycles. The smallest absolute Gasteiger partial charge is 0.232 e. The molecule has 2 N–H and O–H groups in total. The van der Waals surface area contributed by atoms with Crippen LogP contribution in [-0.2, 0) is 9.59 Å². The van der Waals surface area contributed by atoms with E-state index in [0.29, 0.717) is 0 Å². The van der Waals surface area contributed by atoms with Gasteiger partial charge in [0, 0.05) is 0 Å². The highest BCUT2D eigenvalue weighted by Gasteiger charge is 2.46. The molecule has 1 aliphatic carbocycles. The lowest BCUT2D eigenvalue weighted by Crippen LogP contribution is -2.57. The average Bonchev–Trinajstić information content (AvgIpc) is 1.83. The molecule has 8 heavy (non-hydrogen) atoms.